The van der Waals surface area contributed by atoms with Crippen LogP contribution in [0.15, 0.2) is 12.7 Å². The molecule has 0 aromatic carbocycles. The normalized spacial score (nSPS) is 11.2. The molecule has 64 valence electrons. The lowest BCUT2D eigenvalue weighted by atomic mass is 10.2. The number of ketones is 1. The summed E-state index contributed by atoms with van der Waals surface area (Å²) in [5.41, 5.74) is 0. The van der Waals surface area contributed by atoms with Gasteiger partial charge in [0.05, 0.1) is 0 Å². The number of carbonyl (C=O) groups excluding carboxylic acids is 1. The molecule has 0 aliphatic carbocycles. The van der Waals surface area contributed by atoms with Gasteiger partial charge in [-0.05, 0) is 31.6 Å². The monoisotopic (exact) mass is 172 g/mol. The summed E-state index contributed by atoms with van der Waals surface area (Å²) >= 11 is 0. The number of hydrogen-bond donors (Lipinski definition) is 1. The fourth-order valence-electron chi connectivity index (χ4n) is 0.797. The van der Waals surface area contributed by atoms with Crippen LogP contribution in [0.25, 0.3) is 0 Å². The highest BCUT2D eigenvalue weighted by Crippen LogP contribution is 2.09. The molecule has 2 nitrogen and oxygen atoms in total. The summed E-state index contributed by atoms with van der Waals surface area (Å²) in [6, 6.07) is 0.798. The first-order valence-corrected chi connectivity index (χ1v) is 6.99. The van der Waals surface area contributed by atoms with Crippen molar-refractivity contribution in [3.8, 4) is 0 Å². The zero-order valence-corrected chi connectivity index (χ0v) is 8.26. The Morgan fingerprint density at radius 3 is 2.55 bits per heavy atom. The average molecular weight is 172 g/mol. The van der Waals surface area contributed by atoms with E-state index in [1.807, 2.05) is 13.1 Å². The van der Waals surface area contributed by atoms with Crippen molar-refractivity contribution in [3.05, 3.63) is 12.7 Å². The minimum Gasteiger partial charge on any atom is -0.432 e. The van der Waals surface area contributed by atoms with Gasteiger partial charge < -0.3 is 4.80 Å². The highest BCUT2D eigenvalue weighted by molar-refractivity contribution is 6.69. The van der Waals surface area contributed by atoms with E-state index < -0.39 is 8.32 Å². The number of hydrogen-bond acceptors (Lipinski definition) is 2. The maximum Gasteiger partial charge on any atom is 0.182 e. The van der Waals surface area contributed by atoms with Crippen molar-refractivity contribution in [3.63, 3.8) is 0 Å². The predicted molar refractivity (Wildman–Crippen MR) is 48.9 cm³/mol. The molecule has 0 unspecified atom stereocenters. The second kappa shape index (κ2) is 4.46. The number of allylic oxidation sites excluding steroid dienone is 1. The third-order valence-electron chi connectivity index (χ3n) is 1.44. The molecule has 0 rings (SSSR count). The van der Waals surface area contributed by atoms with Gasteiger partial charge in [0.1, 0.15) is 0 Å². The molecular formula is C8H16O2Si. The van der Waals surface area contributed by atoms with Crippen molar-refractivity contribution in [1.82, 2.24) is 0 Å². The van der Waals surface area contributed by atoms with Crippen LogP contribution in [0.3, 0.4) is 0 Å². The van der Waals surface area contributed by atoms with Crippen molar-refractivity contribution < 1.29 is 9.59 Å². The lowest BCUT2D eigenvalue weighted by Gasteiger charge is -2.11. The lowest BCUT2D eigenvalue weighted by molar-refractivity contribution is -0.114. The molecule has 0 bridgehead atoms. The maximum atomic E-state index is 10.7. The van der Waals surface area contributed by atoms with Crippen LogP contribution in [-0.4, -0.2) is 18.9 Å². The molecule has 0 aliphatic heterocycles. The van der Waals surface area contributed by atoms with Crippen LogP contribution < -0.4 is 0 Å². The van der Waals surface area contributed by atoms with Crippen molar-refractivity contribution >= 4 is 14.1 Å². The predicted octanol–water partition coefficient (Wildman–Crippen LogP) is 1.72. The Labute approximate surface area is 69.1 Å². The van der Waals surface area contributed by atoms with Gasteiger partial charge in [-0.3, -0.25) is 4.79 Å². The van der Waals surface area contributed by atoms with Crippen LogP contribution in [0.1, 0.15) is 12.8 Å². The van der Waals surface area contributed by atoms with Crippen molar-refractivity contribution in [1.29, 1.82) is 0 Å². The molecule has 1 N–H and O–H groups in total. The molecule has 0 atom stereocenters. The SMILES string of the molecule is C=CC(=O)CCC[Si](C)(C)O. The van der Waals surface area contributed by atoms with Crippen LogP contribution in [-0.2, 0) is 4.79 Å². The Morgan fingerprint density at radius 1 is 1.64 bits per heavy atom. The maximum absolute atomic E-state index is 10.7. The van der Waals surface area contributed by atoms with E-state index in [0.29, 0.717) is 6.42 Å². The van der Waals surface area contributed by atoms with Crippen LogP contribution in [0, 0.1) is 0 Å². The van der Waals surface area contributed by atoms with Gasteiger partial charge in [-0.1, -0.05) is 6.58 Å². The van der Waals surface area contributed by atoms with Crippen LogP contribution >= 0.6 is 0 Å². The highest BCUT2D eigenvalue weighted by Gasteiger charge is 2.15. The zero-order valence-electron chi connectivity index (χ0n) is 7.26. The van der Waals surface area contributed by atoms with E-state index in [2.05, 4.69) is 6.58 Å². The Hall–Kier alpha value is -0.413. The fourth-order valence-corrected chi connectivity index (χ4v) is 1.84. The van der Waals surface area contributed by atoms with Gasteiger partial charge in [-0.25, -0.2) is 0 Å². The smallest absolute Gasteiger partial charge is 0.182 e. The Bertz CT molecular complexity index is 147. The summed E-state index contributed by atoms with van der Waals surface area (Å²) in [7, 11) is -1.92. The second-order valence-electron chi connectivity index (χ2n) is 3.34. The van der Waals surface area contributed by atoms with Gasteiger partial charge in [-0.2, -0.15) is 0 Å². The van der Waals surface area contributed by atoms with Crippen molar-refractivity contribution in [2.75, 3.05) is 0 Å². The summed E-state index contributed by atoms with van der Waals surface area (Å²) in [5.74, 6) is 0.0725. The van der Waals surface area contributed by atoms with E-state index in [1.165, 1.54) is 6.08 Å². The number of carbonyl (C=O) groups is 1. The van der Waals surface area contributed by atoms with Gasteiger partial charge in [-0.15, -0.1) is 0 Å². The molecule has 0 amide bonds. The second-order valence-corrected chi connectivity index (χ2v) is 7.46. The average Bonchev–Trinajstić information content (AvgIpc) is 1.85. The van der Waals surface area contributed by atoms with E-state index in [1.54, 1.807) is 0 Å². The topological polar surface area (TPSA) is 37.3 Å². The van der Waals surface area contributed by atoms with Gasteiger partial charge >= 0.3 is 0 Å². The summed E-state index contributed by atoms with van der Waals surface area (Å²) in [5, 5.41) is 0. The summed E-state index contributed by atoms with van der Waals surface area (Å²) in [6.07, 6.45) is 2.66. The molecule has 11 heavy (non-hydrogen) atoms. The third kappa shape index (κ3) is 7.48. The summed E-state index contributed by atoms with van der Waals surface area (Å²) in [6.45, 7) is 7.14. The Kier molecular flexibility index (Phi) is 4.29. The van der Waals surface area contributed by atoms with Crippen LogP contribution in [0.4, 0.5) is 0 Å². The van der Waals surface area contributed by atoms with Gasteiger partial charge in [0.15, 0.2) is 14.1 Å². The van der Waals surface area contributed by atoms with E-state index >= 15 is 0 Å². The van der Waals surface area contributed by atoms with Crippen LogP contribution in [0.5, 0.6) is 0 Å². The minimum atomic E-state index is -1.92. The first-order valence-electron chi connectivity index (χ1n) is 3.83. The molecule has 0 aromatic heterocycles. The van der Waals surface area contributed by atoms with Gasteiger partial charge in [0, 0.05) is 6.42 Å². The lowest BCUT2D eigenvalue weighted by Crippen LogP contribution is -2.24. The van der Waals surface area contributed by atoms with E-state index in [9.17, 15) is 9.59 Å². The molecule has 0 saturated carbocycles. The van der Waals surface area contributed by atoms with Crippen LogP contribution in [0.2, 0.25) is 19.1 Å². The van der Waals surface area contributed by atoms with Gasteiger partial charge in [0.2, 0.25) is 0 Å². The minimum absolute atomic E-state index is 0.0725. The molecule has 0 aromatic rings. The Balaban J connectivity index is 3.42. The highest BCUT2D eigenvalue weighted by atomic mass is 28.4. The Morgan fingerprint density at radius 2 is 2.18 bits per heavy atom. The zero-order chi connectivity index (χ0) is 8.91. The first-order chi connectivity index (χ1) is 4.95. The van der Waals surface area contributed by atoms with E-state index in [4.69, 9.17) is 0 Å². The molecule has 0 fully saturated rings. The molecule has 0 heterocycles. The molecular weight excluding hydrogens is 156 g/mol. The quantitative estimate of drug-likeness (QED) is 0.506. The first kappa shape index (κ1) is 10.6. The third-order valence-corrected chi connectivity index (χ3v) is 3.02. The standard InChI is InChI=1S/C8H16O2Si/c1-4-8(9)6-5-7-11(2,3)10/h4,10H,1,5-7H2,2-3H3. The van der Waals surface area contributed by atoms with Gasteiger partial charge in [0.25, 0.3) is 0 Å². The van der Waals surface area contributed by atoms with E-state index in [0.717, 1.165) is 12.5 Å². The molecule has 0 radical (unpaired) electrons. The summed E-state index contributed by atoms with van der Waals surface area (Å²) in [4.78, 5) is 20.1. The van der Waals surface area contributed by atoms with Crippen molar-refractivity contribution in [2.45, 2.75) is 32.0 Å². The van der Waals surface area contributed by atoms with E-state index in [-0.39, 0.29) is 5.78 Å². The molecule has 0 spiro atoms. The largest absolute Gasteiger partial charge is 0.432 e. The van der Waals surface area contributed by atoms with Crippen molar-refractivity contribution in [2.24, 2.45) is 0 Å². The fraction of sp³-hybridized carbons (Fsp3) is 0.625. The number of rotatable bonds is 5. The molecule has 0 saturated heterocycles. The molecule has 3 heteroatoms. The molecule has 0 aliphatic rings. The summed E-state index contributed by atoms with van der Waals surface area (Å²) < 4.78 is 0.